The minimum atomic E-state index is -0.366. The third-order valence-electron chi connectivity index (χ3n) is 5.91. The number of fused-ring (bicyclic) bond motifs is 1. The standard InChI is InChI=1S/C14H20O6.C6H10O/c15-13(19-7-9-5-17-9)11-3-1-2-4-12(11)14(16)20-8-10-6-18-10;1-2-4-6-5(3-1)7-6/h9-12H,1-8H2;5-6H,1-4H2. The van der Waals surface area contributed by atoms with Gasteiger partial charge < -0.3 is 23.7 Å². The van der Waals surface area contributed by atoms with E-state index in [1.807, 2.05) is 0 Å². The van der Waals surface area contributed by atoms with Crippen LogP contribution < -0.4 is 0 Å². The second-order valence-electron chi connectivity index (χ2n) is 8.17. The van der Waals surface area contributed by atoms with E-state index in [2.05, 4.69) is 0 Å². The van der Waals surface area contributed by atoms with Crippen molar-refractivity contribution in [3.63, 3.8) is 0 Å². The summed E-state index contributed by atoms with van der Waals surface area (Å²) in [5.74, 6) is -1.31. The number of esters is 2. The van der Waals surface area contributed by atoms with Crippen molar-refractivity contribution >= 4 is 11.9 Å². The zero-order valence-electron chi connectivity index (χ0n) is 15.8. The smallest absolute Gasteiger partial charge is 0.309 e. The van der Waals surface area contributed by atoms with Crippen LogP contribution in [-0.4, -0.2) is 62.8 Å². The molecule has 3 heterocycles. The molecule has 152 valence electrons. The average Bonchev–Trinajstić information content (AvgIpc) is 3.57. The largest absolute Gasteiger partial charge is 0.463 e. The lowest BCUT2D eigenvalue weighted by atomic mass is 9.79. The van der Waals surface area contributed by atoms with E-state index in [1.165, 1.54) is 25.7 Å². The Morgan fingerprint density at radius 3 is 1.48 bits per heavy atom. The fourth-order valence-electron chi connectivity index (χ4n) is 3.97. The molecule has 0 spiro atoms. The Morgan fingerprint density at radius 2 is 1.11 bits per heavy atom. The van der Waals surface area contributed by atoms with Crippen LogP contribution in [0, 0.1) is 11.8 Å². The Balaban J connectivity index is 0.000000213. The number of ether oxygens (including phenoxy) is 5. The van der Waals surface area contributed by atoms with Crippen LogP contribution in [0.2, 0.25) is 0 Å². The molecule has 2 saturated carbocycles. The van der Waals surface area contributed by atoms with E-state index in [1.54, 1.807) is 0 Å². The van der Waals surface area contributed by atoms with Crippen LogP contribution in [0.25, 0.3) is 0 Å². The molecule has 2 aliphatic carbocycles. The quantitative estimate of drug-likeness (QED) is 0.513. The highest BCUT2D eigenvalue weighted by atomic mass is 16.6. The number of hydrogen-bond acceptors (Lipinski definition) is 7. The number of epoxide rings is 3. The van der Waals surface area contributed by atoms with Crippen molar-refractivity contribution < 1.29 is 33.3 Å². The SMILES string of the molecule is C1CCC2OC2C1.O=C(OCC1CO1)C1CCCCC1C(=O)OCC1CO1. The van der Waals surface area contributed by atoms with Crippen LogP contribution in [0.3, 0.4) is 0 Å². The summed E-state index contributed by atoms with van der Waals surface area (Å²) in [6, 6.07) is 0. The lowest BCUT2D eigenvalue weighted by Gasteiger charge is -2.28. The molecular weight excluding hydrogens is 352 g/mol. The minimum absolute atomic E-state index is 0.0555. The summed E-state index contributed by atoms with van der Waals surface area (Å²) in [5, 5.41) is 0. The normalized spacial score (nSPS) is 38.5. The highest BCUT2D eigenvalue weighted by molar-refractivity contribution is 5.82. The van der Waals surface area contributed by atoms with Crippen molar-refractivity contribution in [2.24, 2.45) is 11.8 Å². The first kappa shape index (κ1) is 19.2. The Labute approximate surface area is 160 Å². The Kier molecular flexibility index (Phi) is 6.30. The summed E-state index contributed by atoms with van der Waals surface area (Å²) in [5.41, 5.74) is 0. The Hall–Kier alpha value is -1.18. The Bertz CT molecular complexity index is 482. The molecule has 0 aromatic rings. The summed E-state index contributed by atoms with van der Waals surface area (Å²) < 4.78 is 25.8. The molecule has 0 amide bonds. The molecular formula is C20H30O7. The predicted octanol–water partition coefficient (Wildman–Crippen LogP) is 2.00. The van der Waals surface area contributed by atoms with Crippen LogP contribution in [0.4, 0.5) is 0 Å². The maximum absolute atomic E-state index is 12.1. The number of carbonyl (C=O) groups is 2. The maximum atomic E-state index is 12.1. The highest BCUT2D eigenvalue weighted by Gasteiger charge is 2.40. The van der Waals surface area contributed by atoms with Crippen LogP contribution >= 0.6 is 0 Å². The van der Waals surface area contributed by atoms with E-state index in [9.17, 15) is 9.59 Å². The number of hydrogen-bond donors (Lipinski definition) is 0. The zero-order valence-corrected chi connectivity index (χ0v) is 15.8. The van der Waals surface area contributed by atoms with Crippen molar-refractivity contribution in [1.82, 2.24) is 0 Å². The molecule has 27 heavy (non-hydrogen) atoms. The maximum Gasteiger partial charge on any atom is 0.309 e. The molecule has 7 heteroatoms. The van der Waals surface area contributed by atoms with Gasteiger partial charge in [0, 0.05) is 0 Å². The van der Waals surface area contributed by atoms with Crippen molar-refractivity contribution in [3.8, 4) is 0 Å². The van der Waals surface area contributed by atoms with Crippen molar-refractivity contribution in [2.75, 3.05) is 26.4 Å². The van der Waals surface area contributed by atoms with Crippen LogP contribution in [0.15, 0.2) is 0 Å². The van der Waals surface area contributed by atoms with E-state index < -0.39 is 0 Å². The van der Waals surface area contributed by atoms with Crippen LogP contribution in [0.5, 0.6) is 0 Å². The van der Waals surface area contributed by atoms with Gasteiger partial charge in [-0.2, -0.15) is 0 Å². The molecule has 6 unspecified atom stereocenters. The van der Waals surface area contributed by atoms with E-state index in [-0.39, 0.29) is 36.0 Å². The van der Waals surface area contributed by atoms with E-state index >= 15 is 0 Å². The van der Waals surface area contributed by atoms with Gasteiger partial charge in [0.2, 0.25) is 0 Å². The minimum Gasteiger partial charge on any atom is -0.463 e. The highest BCUT2D eigenvalue weighted by Crippen LogP contribution is 2.36. The molecule has 0 N–H and O–H groups in total. The first-order valence-corrected chi connectivity index (χ1v) is 10.4. The number of rotatable bonds is 6. The summed E-state index contributed by atoms with van der Waals surface area (Å²) >= 11 is 0. The van der Waals surface area contributed by atoms with Gasteiger partial charge in [-0.25, -0.2) is 0 Å². The second-order valence-corrected chi connectivity index (χ2v) is 8.17. The van der Waals surface area contributed by atoms with Crippen LogP contribution in [-0.2, 0) is 33.3 Å². The fourth-order valence-corrected chi connectivity index (χ4v) is 3.97. The summed E-state index contributed by atoms with van der Waals surface area (Å²) in [6.45, 7) is 1.91. The number of carbonyl (C=O) groups excluding carboxylic acids is 2. The van der Waals surface area contributed by atoms with E-state index in [4.69, 9.17) is 23.7 Å². The molecule has 5 fully saturated rings. The van der Waals surface area contributed by atoms with Gasteiger partial charge in [-0.05, 0) is 25.7 Å². The molecule has 3 saturated heterocycles. The summed E-state index contributed by atoms with van der Waals surface area (Å²) in [4.78, 5) is 24.2. The van der Waals surface area contributed by atoms with Crippen molar-refractivity contribution in [3.05, 3.63) is 0 Å². The summed E-state index contributed by atoms with van der Waals surface area (Å²) in [7, 11) is 0. The van der Waals surface area contributed by atoms with Gasteiger partial charge in [-0.15, -0.1) is 0 Å². The lowest BCUT2D eigenvalue weighted by Crippen LogP contribution is -2.35. The molecule has 0 radical (unpaired) electrons. The van der Waals surface area contributed by atoms with Gasteiger partial charge in [0.05, 0.1) is 37.3 Å². The van der Waals surface area contributed by atoms with Gasteiger partial charge >= 0.3 is 11.9 Å². The van der Waals surface area contributed by atoms with Gasteiger partial charge in [-0.1, -0.05) is 25.7 Å². The predicted molar refractivity (Wildman–Crippen MR) is 94.0 cm³/mol. The second kappa shape index (κ2) is 8.88. The fraction of sp³-hybridized carbons (Fsp3) is 0.900. The third-order valence-corrected chi connectivity index (χ3v) is 5.91. The van der Waals surface area contributed by atoms with E-state index in [0.717, 1.165) is 12.8 Å². The Morgan fingerprint density at radius 1 is 0.704 bits per heavy atom. The topological polar surface area (TPSA) is 90.2 Å². The molecule has 0 aromatic heterocycles. The molecule has 5 aliphatic rings. The van der Waals surface area contributed by atoms with Gasteiger partial charge in [0.1, 0.15) is 25.4 Å². The van der Waals surface area contributed by atoms with Gasteiger partial charge in [0.15, 0.2) is 0 Å². The first-order valence-electron chi connectivity index (χ1n) is 10.4. The van der Waals surface area contributed by atoms with Gasteiger partial charge in [0.25, 0.3) is 0 Å². The van der Waals surface area contributed by atoms with Crippen molar-refractivity contribution in [1.29, 1.82) is 0 Å². The zero-order chi connectivity index (χ0) is 18.6. The molecule has 3 aliphatic heterocycles. The van der Waals surface area contributed by atoms with Crippen LogP contribution in [0.1, 0.15) is 51.4 Å². The molecule has 5 rings (SSSR count). The van der Waals surface area contributed by atoms with Gasteiger partial charge in [-0.3, -0.25) is 9.59 Å². The van der Waals surface area contributed by atoms with Crippen molar-refractivity contribution in [2.45, 2.75) is 75.8 Å². The molecule has 0 bridgehead atoms. The van der Waals surface area contributed by atoms with E-state index in [0.29, 0.717) is 51.5 Å². The monoisotopic (exact) mass is 382 g/mol. The lowest BCUT2D eigenvalue weighted by molar-refractivity contribution is -0.163. The first-order chi connectivity index (χ1) is 13.2. The third kappa shape index (κ3) is 5.90. The average molecular weight is 382 g/mol. The molecule has 0 aromatic carbocycles. The summed E-state index contributed by atoms with van der Waals surface area (Å²) in [6.07, 6.45) is 10.3. The molecule has 6 atom stereocenters. The molecule has 7 nitrogen and oxygen atoms in total.